The lowest BCUT2D eigenvalue weighted by Crippen LogP contribution is -2.32. The number of alkyl halides is 4. The van der Waals surface area contributed by atoms with Crippen LogP contribution in [0.5, 0.6) is 0 Å². The highest BCUT2D eigenvalue weighted by molar-refractivity contribution is 9.09. The normalized spacial score (nSPS) is 16.1. The van der Waals surface area contributed by atoms with Crippen LogP contribution >= 0.6 is 15.9 Å². The predicted molar refractivity (Wildman–Crippen MR) is 57.1 cm³/mol. The molecule has 1 unspecified atom stereocenters. The van der Waals surface area contributed by atoms with Crippen LogP contribution in [0.4, 0.5) is 13.2 Å². The number of rotatable bonds is 5. The molecule has 98 valence electrons. The van der Waals surface area contributed by atoms with E-state index in [0.29, 0.717) is 0 Å². The van der Waals surface area contributed by atoms with Crippen molar-refractivity contribution in [3.05, 3.63) is 0 Å². The highest BCUT2D eigenvalue weighted by Crippen LogP contribution is 2.27. The van der Waals surface area contributed by atoms with Gasteiger partial charge in [-0.25, -0.2) is 16.8 Å². The first-order valence-corrected chi connectivity index (χ1v) is 8.72. The summed E-state index contributed by atoms with van der Waals surface area (Å²) in [5.74, 6) is -2.64. The molecule has 0 fully saturated rings. The zero-order valence-electron chi connectivity index (χ0n) is 8.16. The first-order valence-electron chi connectivity index (χ1n) is 3.92. The Balaban J connectivity index is 4.50. The minimum absolute atomic E-state index is 0.674. The van der Waals surface area contributed by atoms with Gasteiger partial charge in [0.2, 0.25) is 0 Å². The fourth-order valence-electron chi connectivity index (χ4n) is 0.679. The Morgan fingerprint density at radius 1 is 1.12 bits per heavy atom. The summed E-state index contributed by atoms with van der Waals surface area (Å²) < 4.78 is 79.7. The van der Waals surface area contributed by atoms with Crippen molar-refractivity contribution < 1.29 is 30.0 Å². The molecular formula is C6H10BrF3O4S2. The fourth-order valence-corrected chi connectivity index (χ4v) is 4.92. The fraction of sp³-hybridized carbons (Fsp3) is 1.00. The van der Waals surface area contributed by atoms with E-state index in [1.54, 1.807) is 0 Å². The Morgan fingerprint density at radius 3 is 1.88 bits per heavy atom. The second-order valence-corrected chi connectivity index (χ2v) is 8.85. The van der Waals surface area contributed by atoms with E-state index in [-0.39, 0.29) is 0 Å². The first kappa shape index (κ1) is 16.2. The molecule has 0 aliphatic heterocycles. The monoisotopic (exact) mass is 346 g/mol. The van der Waals surface area contributed by atoms with E-state index in [2.05, 4.69) is 15.9 Å². The summed E-state index contributed by atoms with van der Waals surface area (Å²) >= 11 is 2.20. The van der Waals surface area contributed by atoms with Crippen LogP contribution in [-0.4, -0.2) is 51.4 Å². The van der Waals surface area contributed by atoms with Crippen LogP contribution in [0.2, 0.25) is 0 Å². The first-order chi connectivity index (χ1) is 6.83. The van der Waals surface area contributed by atoms with E-state index in [0.717, 1.165) is 6.26 Å². The van der Waals surface area contributed by atoms with Crippen molar-refractivity contribution >= 4 is 35.6 Å². The molecule has 0 aromatic carbocycles. The zero-order valence-corrected chi connectivity index (χ0v) is 11.4. The van der Waals surface area contributed by atoms with Crippen LogP contribution < -0.4 is 0 Å². The minimum atomic E-state index is -4.67. The van der Waals surface area contributed by atoms with Crippen LogP contribution in [0, 0.1) is 0 Å². The van der Waals surface area contributed by atoms with Gasteiger partial charge in [0.15, 0.2) is 9.84 Å². The van der Waals surface area contributed by atoms with Gasteiger partial charge in [0.1, 0.15) is 14.7 Å². The van der Waals surface area contributed by atoms with Crippen molar-refractivity contribution in [3.8, 4) is 0 Å². The summed E-state index contributed by atoms with van der Waals surface area (Å²) in [6.07, 6.45) is -3.85. The molecular weight excluding hydrogens is 337 g/mol. The van der Waals surface area contributed by atoms with E-state index in [4.69, 9.17) is 0 Å². The van der Waals surface area contributed by atoms with Gasteiger partial charge in [0, 0.05) is 6.26 Å². The Morgan fingerprint density at radius 2 is 1.56 bits per heavy atom. The summed E-state index contributed by atoms with van der Waals surface area (Å²) in [6, 6.07) is 0. The summed E-state index contributed by atoms with van der Waals surface area (Å²) in [5.41, 5.74) is 0. The van der Waals surface area contributed by atoms with Gasteiger partial charge < -0.3 is 0 Å². The number of halogens is 4. The van der Waals surface area contributed by atoms with Crippen molar-refractivity contribution in [1.82, 2.24) is 0 Å². The molecule has 16 heavy (non-hydrogen) atoms. The van der Waals surface area contributed by atoms with E-state index in [1.165, 1.54) is 0 Å². The largest absolute Gasteiger partial charge is 0.402 e. The van der Waals surface area contributed by atoms with Gasteiger partial charge in [-0.3, -0.25) is 0 Å². The Kier molecular flexibility index (Phi) is 5.27. The van der Waals surface area contributed by atoms with Gasteiger partial charge in [-0.1, -0.05) is 15.9 Å². The molecule has 0 aromatic heterocycles. The number of sulfone groups is 2. The van der Waals surface area contributed by atoms with E-state index in [9.17, 15) is 30.0 Å². The summed E-state index contributed by atoms with van der Waals surface area (Å²) in [4.78, 5) is -2.18. The Bertz CT molecular complexity index is 425. The molecule has 4 nitrogen and oxygen atoms in total. The smallest absolute Gasteiger partial charge is 0.229 e. The molecule has 0 heterocycles. The lowest BCUT2D eigenvalue weighted by molar-refractivity contribution is -0.123. The SMILES string of the molecule is CS(=O)(=O)CCS(=O)(=O)CC(Br)C(F)(F)F. The highest BCUT2D eigenvalue weighted by atomic mass is 79.9. The second-order valence-electron chi connectivity index (χ2n) is 3.25. The lowest BCUT2D eigenvalue weighted by Gasteiger charge is -2.13. The summed E-state index contributed by atoms with van der Waals surface area (Å²) in [6.45, 7) is 0. The third-order valence-electron chi connectivity index (χ3n) is 1.52. The van der Waals surface area contributed by atoms with E-state index >= 15 is 0 Å². The topological polar surface area (TPSA) is 68.3 Å². The third-order valence-corrected chi connectivity index (χ3v) is 5.66. The van der Waals surface area contributed by atoms with Crippen molar-refractivity contribution in [2.75, 3.05) is 23.5 Å². The summed E-state index contributed by atoms with van der Waals surface area (Å²) in [7, 11) is -7.55. The van der Waals surface area contributed by atoms with Gasteiger partial charge in [0.05, 0.1) is 17.3 Å². The maximum atomic E-state index is 12.0. The van der Waals surface area contributed by atoms with Gasteiger partial charge >= 0.3 is 6.18 Å². The molecule has 0 bridgehead atoms. The Labute approximate surface area is 100 Å². The average Bonchev–Trinajstić information content (AvgIpc) is 1.97. The predicted octanol–water partition coefficient (Wildman–Crippen LogP) is 0.772. The molecule has 0 N–H and O–H groups in total. The number of hydrogen-bond donors (Lipinski definition) is 0. The van der Waals surface area contributed by atoms with Crippen molar-refractivity contribution in [2.45, 2.75) is 11.0 Å². The van der Waals surface area contributed by atoms with Crippen molar-refractivity contribution in [3.63, 3.8) is 0 Å². The maximum Gasteiger partial charge on any atom is 0.402 e. The quantitative estimate of drug-likeness (QED) is 0.689. The van der Waals surface area contributed by atoms with Gasteiger partial charge in [-0.15, -0.1) is 0 Å². The second kappa shape index (κ2) is 5.21. The van der Waals surface area contributed by atoms with Gasteiger partial charge in [0.25, 0.3) is 0 Å². The van der Waals surface area contributed by atoms with Crippen LogP contribution in [0.15, 0.2) is 0 Å². The average molecular weight is 347 g/mol. The van der Waals surface area contributed by atoms with E-state index in [1.807, 2.05) is 0 Å². The van der Waals surface area contributed by atoms with Crippen molar-refractivity contribution in [2.24, 2.45) is 0 Å². The third kappa shape index (κ3) is 7.44. The molecule has 0 amide bonds. The molecule has 0 aromatic rings. The Hall–Kier alpha value is 0.170. The van der Waals surface area contributed by atoms with Crippen LogP contribution in [0.3, 0.4) is 0 Å². The molecule has 0 saturated heterocycles. The highest BCUT2D eigenvalue weighted by Gasteiger charge is 2.40. The number of hydrogen-bond acceptors (Lipinski definition) is 4. The van der Waals surface area contributed by atoms with Crippen LogP contribution in [-0.2, 0) is 19.7 Å². The molecule has 10 heteroatoms. The molecule has 0 saturated carbocycles. The summed E-state index contributed by atoms with van der Waals surface area (Å²) in [5, 5.41) is 0. The molecule has 0 spiro atoms. The molecule has 0 radical (unpaired) electrons. The van der Waals surface area contributed by atoms with Gasteiger partial charge in [-0.05, 0) is 0 Å². The standard InChI is InChI=1S/C6H10BrF3O4S2/c1-15(11,12)2-3-16(13,14)4-5(7)6(8,9)10/h5H,2-4H2,1H3. The van der Waals surface area contributed by atoms with Gasteiger partial charge in [-0.2, -0.15) is 13.2 Å². The minimum Gasteiger partial charge on any atom is -0.229 e. The molecule has 0 aliphatic rings. The van der Waals surface area contributed by atoms with Crippen LogP contribution in [0.25, 0.3) is 0 Å². The van der Waals surface area contributed by atoms with Crippen LogP contribution in [0.1, 0.15) is 0 Å². The lowest BCUT2D eigenvalue weighted by atomic mass is 10.5. The van der Waals surface area contributed by atoms with Crippen molar-refractivity contribution in [1.29, 1.82) is 0 Å². The molecule has 0 rings (SSSR count). The molecule has 0 aliphatic carbocycles. The van der Waals surface area contributed by atoms with E-state index < -0.39 is 47.9 Å². The molecule has 1 atom stereocenters. The zero-order chi connectivity index (χ0) is 13.2. The maximum absolute atomic E-state index is 12.0.